The molecular weight excluding hydrogens is 239 g/mol. The zero-order valence-corrected chi connectivity index (χ0v) is 11.4. The third-order valence-electron chi connectivity index (χ3n) is 3.87. The van der Waals surface area contributed by atoms with Crippen molar-refractivity contribution < 1.29 is 13.2 Å². The summed E-state index contributed by atoms with van der Waals surface area (Å²) < 4.78 is 38.5. The summed E-state index contributed by atoms with van der Waals surface area (Å²) in [6, 6.07) is -0.343. The molecule has 0 aliphatic carbocycles. The highest BCUT2D eigenvalue weighted by Crippen LogP contribution is 2.35. The van der Waals surface area contributed by atoms with E-state index < -0.39 is 12.1 Å². The Labute approximate surface area is 109 Å². The number of hydrogen-bond donors (Lipinski definition) is 1. The van der Waals surface area contributed by atoms with E-state index in [1.54, 1.807) is 0 Å². The van der Waals surface area contributed by atoms with Crippen molar-refractivity contribution >= 4 is 0 Å². The molecule has 0 spiro atoms. The smallest absolute Gasteiger partial charge is 0.313 e. The van der Waals surface area contributed by atoms with Gasteiger partial charge in [0.15, 0.2) is 0 Å². The summed E-state index contributed by atoms with van der Waals surface area (Å²) in [5.41, 5.74) is 0. The maximum absolute atomic E-state index is 12.8. The largest absolute Gasteiger partial charge is 0.393 e. The van der Waals surface area contributed by atoms with Crippen molar-refractivity contribution in [1.82, 2.24) is 5.32 Å². The summed E-state index contributed by atoms with van der Waals surface area (Å²) in [7, 11) is 0. The van der Waals surface area contributed by atoms with Crippen molar-refractivity contribution in [2.75, 3.05) is 6.54 Å². The highest BCUT2D eigenvalue weighted by molar-refractivity contribution is 4.85. The minimum absolute atomic E-state index is 0.303. The average Bonchev–Trinajstić information content (AvgIpc) is 2.33. The molecule has 0 amide bonds. The molecule has 108 valence electrons. The van der Waals surface area contributed by atoms with Crippen molar-refractivity contribution in [1.29, 1.82) is 0 Å². The SMILES string of the molecule is CCCCCCCCC1NCCCC1C(F)(F)F. The Hall–Kier alpha value is -0.250. The van der Waals surface area contributed by atoms with Crippen LogP contribution >= 0.6 is 0 Å². The van der Waals surface area contributed by atoms with Crippen LogP contribution in [0.2, 0.25) is 0 Å². The molecule has 0 radical (unpaired) electrons. The van der Waals surface area contributed by atoms with Gasteiger partial charge < -0.3 is 5.32 Å². The first kappa shape index (κ1) is 15.8. The van der Waals surface area contributed by atoms with Gasteiger partial charge in [0.05, 0.1) is 5.92 Å². The van der Waals surface area contributed by atoms with Gasteiger partial charge in [-0.25, -0.2) is 0 Å². The Morgan fingerprint density at radius 2 is 1.72 bits per heavy atom. The normalized spacial score (nSPS) is 25.3. The molecule has 0 bridgehead atoms. The fourth-order valence-electron chi connectivity index (χ4n) is 2.79. The van der Waals surface area contributed by atoms with E-state index >= 15 is 0 Å². The van der Waals surface area contributed by atoms with Crippen LogP contribution in [0.3, 0.4) is 0 Å². The van der Waals surface area contributed by atoms with Crippen LogP contribution < -0.4 is 5.32 Å². The number of halogens is 3. The molecular formula is C14H26F3N. The number of hydrogen-bond acceptors (Lipinski definition) is 1. The Kier molecular flexibility index (Phi) is 7.05. The van der Waals surface area contributed by atoms with E-state index in [2.05, 4.69) is 12.2 Å². The van der Waals surface area contributed by atoms with E-state index in [-0.39, 0.29) is 6.04 Å². The van der Waals surface area contributed by atoms with Gasteiger partial charge in [-0.1, -0.05) is 45.4 Å². The number of alkyl halides is 3. The predicted molar refractivity (Wildman–Crippen MR) is 68.6 cm³/mol. The first-order valence-corrected chi connectivity index (χ1v) is 7.35. The number of nitrogens with one attached hydrogen (secondary N) is 1. The summed E-state index contributed by atoms with van der Waals surface area (Å²) in [5.74, 6) is -1.12. The van der Waals surface area contributed by atoms with Gasteiger partial charge in [0, 0.05) is 6.04 Å². The lowest BCUT2D eigenvalue weighted by Gasteiger charge is -2.34. The average molecular weight is 265 g/mol. The standard InChI is InChI=1S/C14H26F3N/c1-2-3-4-5-6-7-10-13-12(14(15,16)17)9-8-11-18-13/h12-13,18H,2-11H2,1H3. The van der Waals surface area contributed by atoms with Gasteiger partial charge in [-0.15, -0.1) is 0 Å². The topological polar surface area (TPSA) is 12.0 Å². The van der Waals surface area contributed by atoms with Crippen LogP contribution in [0.25, 0.3) is 0 Å². The Morgan fingerprint density at radius 1 is 1.06 bits per heavy atom. The molecule has 2 unspecified atom stereocenters. The first-order valence-electron chi connectivity index (χ1n) is 7.35. The van der Waals surface area contributed by atoms with E-state index in [0.717, 1.165) is 25.8 Å². The second kappa shape index (κ2) is 8.03. The van der Waals surface area contributed by atoms with E-state index in [1.165, 1.54) is 19.3 Å². The minimum Gasteiger partial charge on any atom is -0.313 e. The monoisotopic (exact) mass is 265 g/mol. The predicted octanol–water partition coefficient (Wildman–Crippen LogP) is 4.67. The van der Waals surface area contributed by atoms with Crippen molar-refractivity contribution in [3.63, 3.8) is 0 Å². The summed E-state index contributed by atoms with van der Waals surface area (Å²) in [5, 5.41) is 3.06. The lowest BCUT2D eigenvalue weighted by atomic mass is 9.87. The first-order chi connectivity index (χ1) is 8.55. The molecule has 4 heteroatoms. The van der Waals surface area contributed by atoms with Crippen molar-refractivity contribution in [2.45, 2.75) is 76.9 Å². The Morgan fingerprint density at radius 3 is 2.39 bits per heavy atom. The third kappa shape index (κ3) is 5.59. The van der Waals surface area contributed by atoms with Gasteiger partial charge in [-0.3, -0.25) is 0 Å². The Bertz CT molecular complexity index is 216. The van der Waals surface area contributed by atoms with Crippen LogP contribution in [0.5, 0.6) is 0 Å². The molecule has 1 aliphatic heterocycles. The zero-order chi connectivity index (χ0) is 13.4. The van der Waals surface area contributed by atoms with Crippen LogP contribution in [-0.4, -0.2) is 18.8 Å². The molecule has 1 nitrogen and oxygen atoms in total. The third-order valence-corrected chi connectivity index (χ3v) is 3.87. The summed E-state index contributed by atoms with van der Waals surface area (Å²) in [4.78, 5) is 0. The molecule has 1 N–H and O–H groups in total. The summed E-state index contributed by atoms with van der Waals surface area (Å²) in [6.07, 6.45) is 4.43. The van der Waals surface area contributed by atoms with E-state index in [9.17, 15) is 13.2 Å². The molecule has 0 aromatic heterocycles. The minimum atomic E-state index is -4.03. The van der Waals surface area contributed by atoms with Crippen LogP contribution in [0, 0.1) is 5.92 Å². The highest BCUT2D eigenvalue weighted by Gasteiger charge is 2.44. The van der Waals surface area contributed by atoms with E-state index in [4.69, 9.17) is 0 Å². The van der Waals surface area contributed by atoms with Crippen molar-refractivity contribution in [2.24, 2.45) is 5.92 Å². The van der Waals surface area contributed by atoms with Gasteiger partial charge in [0.1, 0.15) is 0 Å². The maximum Gasteiger partial charge on any atom is 0.393 e. The van der Waals surface area contributed by atoms with Gasteiger partial charge in [0.2, 0.25) is 0 Å². The second-order valence-corrected chi connectivity index (χ2v) is 5.41. The molecule has 1 heterocycles. The second-order valence-electron chi connectivity index (χ2n) is 5.41. The van der Waals surface area contributed by atoms with E-state index in [0.29, 0.717) is 19.3 Å². The quantitative estimate of drug-likeness (QED) is 0.660. The molecule has 2 atom stereocenters. The maximum atomic E-state index is 12.8. The van der Waals surface area contributed by atoms with Crippen LogP contribution in [0.1, 0.15) is 64.7 Å². The lowest BCUT2D eigenvalue weighted by Crippen LogP contribution is -2.47. The zero-order valence-electron chi connectivity index (χ0n) is 11.4. The number of piperidine rings is 1. The molecule has 1 saturated heterocycles. The highest BCUT2D eigenvalue weighted by atomic mass is 19.4. The number of unbranched alkanes of at least 4 members (excludes halogenated alkanes) is 5. The fourth-order valence-corrected chi connectivity index (χ4v) is 2.79. The van der Waals surface area contributed by atoms with Crippen LogP contribution in [-0.2, 0) is 0 Å². The van der Waals surface area contributed by atoms with Crippen molar-refractivity contribution in [3.05, 3.63) is 0 Å². The molecule has 1 rings (SSSR count). The van der Waals surface area contributed by atoms with Gasteiger partial charge in [0.25, 0.3) is 0 Å². The molecule has 0 saturated carbocycles. The molecule has 0 aromatic rings. The molecule has 18 heavy (non-hydrogen) atoms. The van der Waals surface area contributed by atoms with Crippen LogP contribution in [0.15, 0.2) is 0 Å². The molecule has 1 aliphatic rings. The van der Waals surface area contributed by atoms with Gasteiger partial charge >= 0.3 is 6.18 Å². The molecule has 0 aromatic carbocycles. The fraction of sp³-hybridized carbons (Fsp3) is 1.00. The number of rotatable bonds is 7. The van der Waals surface area contributed by atoms with E-state index in [1.807, 2.05) is 0 Å². The molecule has 1 fully saturated rings. The summed E-state index contributed by atoms with van der Waals surface area (Å²) >= 11 is 0. The Balaban J connectivity index is 2.21. The lowest BCUT2D eigenvalue weighted by molar-refractivity contribution is -0.188. The summed E-state index contributed by atoms with van der Waals surface area (Å²) in [6.45, 7) is 2.91. The van der Waals surface area contributed by atoms with Crippen molar-refractivity contribution in [3.8, 4) is 0 Å². The van der Waals surface area contributed by atoms with Gasteiger partial charge in [-0.05, 0) is 25.8 Å². The van der Waals surface area contributed by atoms with Crippen LogP contribution in [0.4, 0.5) is 13.2 Å². The van der Waals surface area contributed by atoms with Gasteiger partial charge in [-0.2, -0.15) is 13.2 Å².